The lowest BCUT2D eigenvalue weighted by molar-refractivity contribution is 0.251. The largest absolute Gasteiger partial charge is 0.378 e. The molecule has 0 saturated heterocycles. The maximum Gasteiger partial charge on any atom is 0.319 e. The number of anilines is 3. The minimum absolute atomic E-state index is 0.00872. The molecule has 32 heavy (non-hydrogen) atoms. The van der Waals surface area contributed by atoms with Gasteiger partial charge in [-0.15, -0.1) is 0 Å². The number of halogens is 2. The molecule has 2 amide bonds. The first-order valence-electron chi connectivity index (χ1n) is 10.5. The summed E-state index contributed by atoms with van der Waals surface area (Å²) in [6.07, 6.45) is 0.998. The van der Waals surface area contributed by atoms with Gasteiger partial charge in [-0.25, -0.2) is 4.79 Å². The van der Waals surface area contributed by atoms with Gasteiger partial charge < -0.3 is 20.4 Å². The van der Waals surface area contributed by atoms with E-state index < -0.39 is 0 Å². The molecule has 3 aromatic rings. The predicted molar refractivity (Wildman–Crippen MR) is 134 cm³/mol. The molecule has 0 aliphatic carbocycles. The van der Waals surface area contributed by atoms with Gasteiger partial charge >= 0.3 is 6.03 Å². The van der Waals surface area contributed by atoms with Gasteiger partial charge in [0.15, 0.2) is 0 Å². The van der Waals surface area contributed by atoms with Gasteiger partial charge in [0.1, 0.15) is 0 Å². The number of fused-ring (bicyclic) bond motifs is 1. The minimum Gasteiger partial charge on any atom is -0.378 e. The number of nitrogens with one attached hydrogen (secondary N) is 2. The summed E-state index contributed by atoms with van der Waals surface area (Å²) >= 11 is 12.0. The highest BCUT2D eigenvalue weighted by atomic mass is 35.5. The van der Waals surface area contributed by atoms with Crippen molar-refractivity contribution in [3.8, 4) is 0 Å². The molecule has 1 atom stereocenters. The second-order valence-electron chi connectivity index (χ2n) is 8.04. The number of urea groups is 1. The van der Waals surface area contributed by atoms with Crippen LogP contribution in [-0.4, -0.2) is 33.2 Å². The Hall–Kier alpha value is -2.89. The molecule has 0 unspecified atom stereocenters. The Morgan fingerprint density at radius 1 is 1.03 bits per heavy atom. The molecule has 0 fully saturated rings. The van der Waals surface area contributed by atoms with Crippen molar-refractivity contribution in [3.05, 3.63) is 87.9 Å². The van der Waals surface area contributed by atoms with E-state index in [9.17, 15) is 4.79 Å². The van der Waals surface area contributed by atoms with Crippen molar-refractivity contribution < 1.29 is 4.79 Å². The molecule has 1 heterocycles. The van der Waals surface area contributed by atoms with Crippen LogP contribution in [0.15, 0.2) is 66.7 Å². The Labute approximate surface area is 198 Å². The molecule has 0 saturated carbocycles. The van der Waals surface area contributed by atoms with Crippen LogP contribution < -0.4 is 20.4 Å². The highest BCUT2D eigenvalue weighted by Gasteiger charge is 2.27. The van der Waals surface area contributed by atoms with Crippen LogP contribution in [0.3, 0.4) is 0 Å². The number of carbonyl (C=O) groups excluding carboxylic acids is 1. The molecule has 0 aromatic heterocycles. The molecule has 1 aliphatic heterocycles. The first-order chi connectivity index (χ1) is 15.4. The van der Waals surface area contributed by atoms with Crippen molar-refractivity contribution >= 4 is 46.3 Å². The number of amides is 2. The Kier molecular flexibility index (Phi) is 6.77. The lowest BCUT2D eigenvalue weighted by Gasteiger charge is -2.31. The summed E-state index contributed by atoms with van der Waals surface area (Å²) in [6, 6.07) is 21.7. The molecule has 0 spiro atoms. The SMILES string of the molecule is CN(C)c1ccc([C@H](CNC(=O)Nc2ccc(Cl)c(Cl)c2)N2CCc3ccccc32)cc1. The van der Waals surface area contributed by atoms with Crippen LogP contribution in [0.5, 0.6) is 0 Å². The van der Waals surface area contributed by atoms with Crippen LogP contribution in [-0.2, 0) is 6.42 Å². The summed E-state index contributed by atoms with van der Waals surface area (Å²) in [5, 5.41) is 6.71. The van der Waals surface area contributed by atoms with E-state index >= 15 is 0 Å². The van der Waals surface area contributed by atoms with Gasteiger partial charge in [-0.3, -0.25) is 0 Å². The molecule has 4 rings (SSSR count). The van der Waals surface area contributed by atoms with E-state index in [2.05, 4.69) is 69.0 Å². The predicted octanol–water partition coefficient (Wildman–Crippen LogP) is 5.98. The first kappa shape index (κ1) is 22.3. The number of nitrogens with zero attached hydrogens (tertiary/aromatic N) is 2. The third-order valence-electron chi connectivity index (χ3n) is 5.73. The molecule has 166 valence electrons. The van der Waals surface area contributed by atoms with E-state index in [0.29, 0.717) is 22.3 Å². The topological polar surface area (TPSA) is 47.6 Å². The smallest absolute Gasteiger partial charge is 0.319 e. The quantitative estimate of drug-likeness (QED) is 0.467. The van der Waals surface area contributed by atoms with E-state index in [-0.39, 0.29) is 12.1 Å². The van der Waals surface area contributed by atoms with Crippen LogP contribution in [0.4, 0.5) is 21.9 Å². The molecule has 2 N–H and O–H groups in total. The van der Waals surface area contributed by atoms with Crippen LogP contribution in [0, 0.1) is 0 Å². The van der Waals surface area contributed by atoms with Gasteiger partial charge in [0.25, 0.3) is 0 Å². The van der Waals surface area contributed by atoms with Crippen molar-refractivity contribution in [2.75, 3.05) is 42.3 Å². The van der Waals surface area contributed by atoms with Crippen molar-refractivity contribution in [2.45, 2.75) is 12.5 Å². The van der Waals surface area contributed by atoms with Crippen molar-refractivity contribution in [1.82, 2.24) is 5.32 Å². The number of para-hydroxylation sites is 1. The van der Waals surface area contributed by atoms with Crippen molar-refractivity contribution in [3.63, 3.8) is 0 Å². The second kappa shape index (κ2) is 9.72. The number of benzene rings is 3. The van der Waals surface area contributed by atoms with Gasteiger partial charge in [0.2, 0.25) is 0 Å². The third-order valence-corrected chi connectivity index (χ3v) is 6.47. The van der Waals surface area contributed by atoms with E-state index in [1.165, 1.54) is 11.3 Å². The summed E-state index contributed by atoms with van der Waals surface area (Å²) in [4.78, 5) is 17.1. The van der Waals surface area contributed by atoms with Gasteiger partial charge in [0, 0.05) is 44.2 Å². The van der Waals surface area contributed by atoms with Gasteiger partial charge in [-0.2, -0.15) is 0 Å². The standard InChI is InChI=1S/C25H26Cl2N4O/c1-30(2)20-10-7-18(8-11-20)24(31-14-13-17-5-3-4-6-23(17)31)16-28-25(32)29-19-9-12-21(26)22(27)15-19/h3-12,15,24H,13-14,16H2,1-2H3,(H2,28,29,32)/t24-/m0/s1. The second-order valence-corrected chi connectivity index (χ2v) is 8.85. The van der Waals surface area contributed by atoms with Crippen molar-refractivity contribution in [1.29, 1.82) is 0 Å². The summed E-state index contributed by atoms with van der Waals surface area (Å²) in [5.74, 6) is 0. The Morgan fingerprint density at radius 2 is 1.78 bits per heavy atom. The van der Waals surface area contributed by atoms with E-state index in [4.69, 9.17) is 23.2 Å². The minimum atomic E-state index is -0.286. The zero-order valence-corrected chi connectivity index (χ0v) is 19.6. The Morgan fingerprint density at radius 3 is 2.50 bits per heavy atom. The first-order valence-corrected chi connectivity index (χ1v) is 11.3. The highest BCUT2D eigenvalue weighted by molar-refractivity contribution is 6.42. The fourth-order valence-electron chi connectivity index (χ4n) is 4.03. The van der Waals surface area contributed by atoms with Gasteiger partial charge in [-0.05, 0) is 53.9 Å². The Bertz CT molecular complexity index is 1100. The molecule has 5 nitrogen and oxygen atoms in total. The summed E-state index contributed by atoms with van der Waals surface area (Å²) in [7, 11) is 4.05. The van der Waals surface area contributed by atoms with E-state index in [0.717, 1.165) is 24.2 Å². The summed E-state index contributed by atoms with van der Waals surface area (Å²) in [6.45, 7) is 1.37. The number of carbonyl (C=O) groups is 1. The Balaban J connectivity index is 1.53. The van der Waals surface area contributed by atoms with Gasteiger partial charge in [0.05, 0.1) is 16.1 Å². The maximum atomic E-state index is 12.6. The van der Waals surface area contributed by atoms with Crippen molar-refractivity contribution in [2.24, 2.45) is 0 Å². The third kappa shape index (κ3) is 4.95. The van der Waals surface area contributed by atoms with E-state index in [1.54, 1.807) is 18.2 Å². The molecule has 7 heteroatoms. The van der Waals surface area contributed by atoms with Gasteiger partial charge in [-0.1, -0.05) is 53.5 Å². The average molecular weight is 469 g/mol. The molecular formula is C25H26Cl2N4O. The molecule has 0 bridgehead atoms. The summed E-state index contributed by atoms with van der Waals surface area (Å²) < 4.78 is 0. The zero-order valence-electron chi connectivity index (χ0n) is 18.1. The molecule has 1 aliphatic rings. The lowest BCUT2D eigenvalue weighted by atomic mass is 10.0. The highest BCUT2D eigenvalue weighted by Crippen LogP contribution is 2.35. The zero-order chi connectivity index (χ0) is 22.7. The maximum absolute atomic E-state index is 12.6. The van der Waals surface area contributed by atoms with E-state index in [1.807, 2.05) is 14.1 Å². The molecule has 0 radical (unpaired) electrons. The number of rotatable bonds is 6. The molecular weight excluding hydrogens is 443 g/mol. The van der Waals surface area contributed by atoms with Crippen LogP contribution in [0.1, 0.15) is 17.2 Å². The molecule has 3 aromatic carbocycles. The number of hydrogen-bond acceptors (Lipinski definition) is 3. The van der Waals surface area contributed by atoms with Crippen LogP contribution in [0.2, 0.25) is 10.0 Å². The summed E-state index contributed by atoms with van der Waals surface area (Å²) in [5.41, 5.74) is 5.45. The fraction of sp³-hybridized carbons (Fsp3) is 0.240. The average Bonchev–Trinajstić information content (AvgIpc) is 3.21. The number of hydrogen-bond donors (Lipinski definition) is 2. The monoisotopic (exact) mass is 468 g/mol. The lowest BCUT2D eigenvalue weighted by Crippen LogP contribution is -2.39. The van der Waals surface area contributed by atoms with Crippen LogP contribution in [0.25, 0.3) is 0 Å². The normalized spacial score (nSPS) is 13.4. The fourth-order valence-corrected chi connectivity index (χ4v) is 4.33. The van der Waals surface area contributed by atoms with Crippen LogP contribution >= 0.6 is 23.2 Å².